The van der Waals surface area contributed by atoms with E-state index in [0.29, 0.717) is 30.7 Å². The van der Waals surface area contributed by atoms with Crippen LogP contribution < -0.4 is 14.8 Å². The number of nitrogens with one attached hydrogen (secondary N) is 1. The van der Waals surface area contributed by atoms with Crippen LogP contribution in [0.2, 0.25) is 0 Å². The summed E-state index contributed by atoms with van der Waals surface area (Å²) in [6, 6.07) is 4.07. The fraction of sp³-hybridized carbons (Fsp3) is 0.647. The lowest BCUT2D eigenvalue weighted by Gasteiger charge is -2.17. The molecule has 0 bridgehead atoms. The molecule has 1 aromatic rings. The Bertz CT molecular complexity index is 444. The van der Waals surface area contributed by atoms with Crippen LogP contribution >= 0.6 is 0 Å². The number of pyridine rings is 1. The fourth-order valence-electron chi connectivity index (χ4n) is 1.66. The van der Waals surface area contributed by atoms with E-state index in [1.54, 1.807) is 12.3 Å². The Morgan fingerprint density at radius 1 is 1.32 bits per heavy atom. The minimum Gasteiger partial charge on any atom is -0.492 e. The second-order valence-corrected chi connectivity index (χ2v) is 6.53. The molecule has 0 saturated heterocycles. The number of carbonyl (C=O) groups is 1. The molecule has 1 atom stereocenters. The number of aromatic nitrogens is 1. The Balaban J connectivity index is 2.38. The summed E-state index contributed by atoms with van der Waals surface area (Å²) in [4.78, 5) is 15.1. The summed E-state index contributed by atoms with van der Waals surface area (Å²) in [6.45, 7) is 11.3. The van der Waals surface area contributed by atoms with Gasteiger partial charge in [-0.15, -0.1) is 0 Å². The molecule has 5 nitrogen and oxygen atoms in total. The third kappa shape index (κ3) is 7.41. The average Bonchev–Trinajstić information content (AvgIpc) is 2.47. The van der Waals surface area contributed by atoms with Crippen LogP contribution in [0.3, 0.4) is 0 Å². The molecule has 0 fully saturated rings. The highest BCUT2D eigenvalue weighted by molar-refractivity contribution is 5.57. The van der Waals surface area contributed by atoms with Crippen LogP contribution in [0.4, 0.5) is 0 Å². The van der Waals surface area contributed by atoms with Gasteiger partial charge >= 0.3 is 0 Å². The van der Waals surface area contributed by atoms with Gasteiger partial charge in [0, 0.05) is 24.1 Å². The lowest BCUT2D eigenvalue weighted by atomic mass is 9.92. The van der Waals surface area contributed by atoms with Gasteiger partial charge in [-0.1, -0.05) is 27.7 Å². The fourth-order valence-corrected chi connectivity index (χ4v) is 1.66. The SMILES string of the molecule is CC(C)NC[C@H](C)Oc1ccc(OCCC(C)(C)C=O)cn1. The summed E-state index contributed by atoms with van der Waals surface area (Å²) in [6.07, 6.45) is 3.33. The van der Waals surface area contributed by atoms with E-state index >= 15 is 0 Å². The number of hydrogen-bond donors (Lipinski definition) is 1. The second kappa shape index (κ2) is 8.73. The first kappa shape index (κ1) is 18.4. The van der Waals surface area contributed by atoms with Crippen molar-refractivity contribution in [1.82, 2.24) is 10.3 Å². The number of rotatable bonds is 10. The predicted molar refractivity (Wildman–Crippen MR) is 87.4 cm³/mol. The van der Waals surface area contributed by atoms with Crippen LogP contribution in [0.1, 0.15) is 41.0 Å². The first-order chi connectivity index (χ1) is 10.3. The van der Waals surface area contributed by atoms with Gasteiger partial charge in [0.25, 0.3) is 0 Å². The number of ether oxygens (including phenoxy) is 2. The van der Waals surface area contributed by atoms with Crippen molar-refractivity contribution in [2.45, 2.75) is 53.2 Å². The molecule has 1 rings (SSSR count). The molecule has 0 radical (unpaired) electrons. The van der Waals surface area contributed by atoms with Gasteiger partial charge in [0.05, 0.1) is 12.8 Å². The van der Waals surface area contributed by atoms with Gasteiger partial charge < -0.3 is 19.6 Å². The van der Waals surface area contributed by atoms with Crippen molar-refractivity contribution >= 4 is 6.29 Å². The van der Waals surface area contributed by atoms with Gasteiger partial charge in [0.2, 0.25) is 5.88 Å². The van der Waals surface area contributed by atoms with Crippen molar-refractivity contribution in [2.75, 3.05) is 13.2 Å². The van der Waals surface area contributed by atoms with Crippen LogP contribution in [0.15, 0.2) is 18.3 Å². The average molecular weight is 308 g/mol. The lowest BCUT2D eigenvalue weighted by Crippen LogP contribution is -2.33. The molecule has 124 valence electrons. The van der Waals surface area contributed by atoms with E-state index in [1.165, 1.54) is 0 Å². The van der Waals surface area contributed by atoms with Gasteiger partial charge in [-0.25, -0.2) is 4.98 Å². The molecule has 0 aliphatic rings. The van der Waals surface area contributed by atoms with Gasteiger partial charge in [0.15, 0.2) is 0 Å². The van der Waals surface area contributed by atoms with Crippen molar-refractivity contribution in [2.24, 2.45) is 5.41 Å². The maximum atomic E-state index is 10.8. The van der Waals surface area contributed by atoms with E-state index in [2.05, 4.69) is 24.1 Å². The molecule has 1 aromatic heterocycles. The minimum atomic E-state index is -0.352. The largest absolute Gasteiger partial charge is 0.492 e. The summed E-state index contributed by atoms with van der Waals surface area (Å²) in [5, 5.41) is 3.32. The smallest absolute Gasteiger partial charge is 0.213 e. The van der Waals surface area contributed by atoms with E-state index in [0.717, 1.165) is 12.8 Å². The molecule has 0 unspecified atom stereocenters. The first-order valence-electron chi connectivity index (χ1n) is 7.77. The highest BCUT2D eigenvalue weighted by atomic mass is 16.5. The zero-order valence-electron chi connectivity index (χ0n) is 14.3. The highest BCUT2D eigenvalue weighted by Gasteiger charge is 2.16. The number of hydrogen-bond acceptors (Lipinski definition) is 5. The summed E-state index contributed by atoms with van der Waals surface area (Å²) >= 11 is 0. The molecule has 0 spiro atoms. The van der Waals surface area contributed by atoms with Gasteiger partial charge in [0.1, 0.15) is 18.1 Å². The van der Waals surface area contributed by atoms with Crippen LogP contribution in [0.5, 0.6) is 11.6 Å². The summed E-state index contributed by atoms with van der Waals surface area (Å²) < 4.78 is 11.3. The Morgan fingerprint density at radius 2 is 2.05 bits per heavy atom. The Kier molecular flexibility index (Phi) is 7.32. The maximum Gasteiger partial charge on any atom is 0.213 e. The number of nitrogens with zero attached hydrogens (tertiary/aromatic N) is 1. The van der Waals surface area contributed by atoms with E-state index in [-0.39, 0.29) is 11.5 Å². The normalized spacial score (nSPS) is 13.0. The van der Waals surface area contributed by atoms with Crippen LogP contribution in [0, 0.1) is 5.41 Å². The molecule has 5 heteroatoms. The third-order valence-electron chi connectivity index (χ3n) is 3.18. The van der Waals surface area contributed by atoms with Gasteiger partial charge in [-0.2, -0.15) is 0 Å². The zero-order valence-corrected chi connectivity index (χ0v) is 14.3. The molecule has 1 heterocycles. The summed E-state index contributed by atoms with van der Waals surface area (Å²) in [5.41, 5.74) is -0.352. The Morgan fingerprint density at radius 3 is 2.59 bits per heavy atom. The summed E-state index contributed by atoms with van der Waals surface area (Å²) in [7, 11) is 0. The molecule has 1 N–H and O–H groups in total. The molecule has 0 amide bonds. The molecular formula is C17H28N2O3. The highest BCUT2D eigenvalue weighted by Crippen LogP contribution is 2.19. The molecule has 22 heavy (non-hydrogen) atoms. The second-order valence-electron chi connectivity index (χ2n) is 6.53. The van der Waals surface area contributed by atoms with Crippen LogP contribution in [0.25, 0.3) is 0 Å². The molecule has 0 aliphatic heterocycles. The zero-order chi connectivity index (χ0) is 16.6. The third-order valence-corrected chi connectivity index (χ3v) is 3.18. The standard InChI is InChI=1S/C17H28N2O3/c1-13(2)18-10-14(3)22-16-7-6-15(11-19-16)21-9-8-17(4,5)12-20/h6-7,11-14,18H,8-10H2,1-5H3/t14-/m0/s1. The van der Waals surface area contributed by atoms with Gasteiger partial charge in [-0.05, 0) is 19.4 Å². The van der Waals surface area contributed by atoms with Crippen LogP contribution in [-0.4, -0.2) is 36.6 Å². The van der Waals surface area contributed by atoms with E-state index in [4.69, 9.17) is 9.47 Å². The predicted octanol–water partition coefficient (Wildman–Crippen LogP) is 2.84. The Hall–Kier alpha value is -1.62. The van der Waals surface area contributed by atoms with E-state index < -0.39 is 0 Å². The van der Waals surface area contributed by atoms with Crippen molar-refractivity contribution in [3.8, 4) is 11.6 Å². The van der Waals surface area contributed by atoms with Crippen molar-refractivity contribution in [3.05, 3.63) is 18.3 Å². The number of carbonyl (C=O) groups excluding carboxylic acids is 1. The first-order valence-corrected chi connectivity index (χ1v) is 7.77. The monoisotopic (exact) mass is 308 g/mol. The molecular weight excluding hydrogens is 280 g/mol. The van der Waals surface area contributed by atoms with Crippen molar-refractivity contribution in [1.29, 1.82) is 0 Å². The van der Waals surface area contributed by atoms with E-state index in [1.807, 2.05) is 26.8 Å². The maximum absolute atomic E-state index is 10.8. The van der Waals surface area contributed by atoms with E-state index in [9.17, 15) is 4.79 Å². The summed E-state index contributed by atoms with van der Waals surface area (Å²) in [5.74, 6) is 1.26. The van der Waals surface area contributed by atoms with Crippen LogP contribution in [-0.2, 0) is 4.79 Å². The lowest BCUT2D eigenvalue weighted by molar-refractivity contribution is -0.115. The quantitative estimate of drug-likeness (QED) is 0.674. The molecule has 0 saturated carbocycles. The Labute approximate surface area is 133 Å². The minimum absolute atomic E-state index is 0.0510. The van der Waals surface area contributed by atoms with Crippen molar-refractivity contribution < 1.29 is 14.3 Å². The molecule has 0 aromatic carbocycles. The topological polar surface area (TPSA) is 60.5 Å². The molecule has 0 aliphatic carbocycles. The van der Waals surface area contributed by atoms with Gasteiger partial charge in [-0.3, -0.25) is 0 Å². The number of aldehydes is 1. The van der Waals surface area contributed by atoms with Crippen molar-refractivity contribution in [3.63, 3.8) is 0 Å².